The van der Waals surface area contributed by atoms with E-state index in [1.807, 2.05) is 6.92 Å². The second-order valence-electron chi connectivity index (χ2n) is 2.76. The maximum Gasteiger partial charge on any atom is 0.304 e. The van der Waals surface area contributed by atoms with Crippen molar-refractivity contribution in [2.45, 2.75) is 32.2 Å². The Balaban J connectivity index is 3.26. The van der Waals surface area contributed by atoms with Gasteiger partial charge in [0.25, 0.3) is 0 Å². The molecule has 1 unspecified atom stereocenters. The predicted molar refractivity (Wildman–Crippen MR) is 47.8 cm³/mol. The van der Waals surface area contributed by atoms with Crippen molar-refractivity contribution in [3.63, 3.8) is 0 Å². The van der Waals surface area contributed by atoms with E-state index in [4.69, 9.17) is 11.5 Å². The summed E-state index contributed by atoms with van der Waals surface area (Å²) >= 11 is 0. The fraction of sp³-hybridized carbons (Fsp3) is 0.667. The second kappa shape index (κ2) is 6.68. The molecule has 0 aromatic rings. The summed E-state index contributed by atoms with van der Waals surface area (Å²) in [5.41, 5.74) is 0. The molecule has 0 fully saturated rings. The summed E-state index contributed by atoms with van der Waals surface area (Å²) in [4.78, 5) is 10.2. The van der Waals surface area contributed by atoms with Gasteiger partial charge >= 0.3 is 5.97 Å². The third kappa shape index (κ3) is 7.10. The Kier molecular flexibility index (Phi) is 6.12. The molecule has 0 spiro atoms. The lowest BCUT2D eigenvalue weighted by atomic mass is 10.2. The molecule has 12 heavy (non-hydrogen) atoms. The zero-order valence-corrected chi connectivity index (χ0v) is 7.34. The van der Waals surface area contributed by atoms with Crippen molar-refractivity contribution in [1.29, 1.82) is 0 Å². The first kappa shape index (κ1) is 11.0. The Labute approximate surface area is 73.2 Å². The van der Waals surface area contributed by atoms with Gasteiger partial charge in [0.15, 0.2) is 0 Å². The average Bonchev–Trinajstić information content (AvgIpc) is 1.97. The van der Waals surface area contributed by atoms with Crippen LogP contribution in [-0.4, -0.2) is 23.7 Å². The van der Waals surface area contributed by atoms with Gasteiger partial charge in [-0.05, 0) is 19.9 Å². The molecule has 3 heteroatoms. The highest BCUT2D eigenvalue weighted by Gasteiger charge is 2.04. The lowest BCUT2D eigenvalue weighted by Crippen LogP contribution is -2.29. The third-order valence-corrected chi connectivity index (χ3v) is 1.47. The van der Waals surface area contributed by atoms with Gasteiger partial charge < -0.3 is 10.4 Å². The summed E-state index contributed by atoms with van der Waals surface area (Å²) in [6, 6.07) is 0.0280. The minimum absolute atomic E-state index is 0.0280. The van der Waals surface area contributed by atoms with Crippen molar-refractivity contribution in [3.05, 3.63) is 0 Å². The van der Waals surface area contributed by atoms with Gasteiger partial charge in [0.1, 0.15) is 0 Å². The van der Waals surface area contributed by atoms with E-state index in [9.17, 15) is 4.79 Å². The molecule has 0 aliphatic heterocycles. The van der Waals surface area contributed by atoms with Crippen LogP contribution in [0.5, 0.6) is 0 Å². The van der Waals surface area contributed by atoms with Gasteiger partial charge in [-0.1, -0.05) is 0 Å². The largest absolute Gasteiger partial charge is 0.481 e. The van der Waals surface area contributed by atoms with Crippen molar-refractivity contribution in [1.82, 2.24) is 5.32 Å². The minimum Gasteiger partial charge on any atom is -0.481 e. The van der Waals surface area contributed by atoms with Crippen LogP contribution in [0.15, 0.2) is 0 Å². The molecule has 68 valence electrons. The highest BCUT2D eigenvalue weighted by Crippen LogP contribution is 1.91. The van der Waals surface area contributed by atoms with Gasteiger partial charge in [-0.15, -0.1) is 12.3 Å². The fourth-order valence-corrected chi connectivity index (χ4v) is 0.873. The molecular formula is C9H15NO2. The van der Waals surface area contributed by atoms with Gasteiger partial charge in [0, 0.05) is 12.5 Å². The second-order valence-corrected chi connectivity index (χ2v) is 2.76. The Hall–Kier alpha value is -1.01. The summed E-state index contributed by atoms with van der Waals surface area (Å²) in [6.45, 7) is 2.64. The summed E-state index contributed by atoms with van der Waals surface area (Å²) in [5, 5.41) is 11.5. The first-order valence-corrected chi connectivity index (χ1v) is 4.05. The zero-order valence-electron chi connectivity index (χ0n) is 7.34. The highest BCUT2D eigenvalue weighted by atomic mass is 16.4. The van der Waals surface area contributed by atoms with Crippen molar-refractivity contribution in [3.8, 4) is 12.3 Å². The fourth-order valence-electron chi connectivity index (χ4n) is 0.873. The van der Waals surface area contributed by atoms with E-state index >= 15 is 0 Å². The smallest absolute Gasteiger partial charge is 0.304 e. The van der Waals surface area contributed by atoms with Crippen molar-refractivity contribution >= 4 is 5.97 Å². The molecule has 0 rings (SSSR count). The highest BCUT2D eigenvalue weighted by molar-refractivity contribution is 5.67. The molecule has 0 saturated carbocycles. The quantitative estimate of drug-likeness (QED) is 0.458. The molecule has 0 aliphatic rings. The number of nitrogens with one attached hydrogen (secondary N) is 1. The van der Waals surface area contributed by atoms with E-state index in [0.717, 1.165) is 19.4 Å². The Morgan fingerprint density at radius 2 is 2.42 bits per heavy atom. The van der Waals surface area contributed by atoms with Crippen LogP contribution >= 0.6 is 0 Å². The number of hydrogen-bond acceptors (Lipinski definition) is 2. The summed E-state index contributed by atoms with van der Waals surface area (Å²) in [6.07, 6.45) is 6.86. The summed E-state index contributed by atoms with van der Waals surface area (Å²) < 4.78 is 0. The number of hydrogen-bond donors (Lipinski definition) is 2. The van der Waals surface area contributed by atoms with Crippen molar-refractivity contribution in [2.75, 3.05) is 6.54 Å². The first-order valence-electron chi connectivity index (χ1n) is 4.05. The number of carboxylic acid groups (broad SMARTS) is 1. The van der Waals surface area contributed by atoms with Crippen molar-refractivity contribution in [2.24, 2.45) is 0 Å². The van der Waals surface area contributed by atoms with Crippen LogP contribution in [0, 0.1) is 12.3 Å². The maximum absolute atomic E-state index is 10.2. The van der Waals surface area contributed by atoms with Crippen LogP contribution in [0.1, 0.15) is 26.2 Å². The first-order chi connectivity index (χ1) is 5.66. The molecule has 0 aliphatic carbocycles. The molecular weight excluding hydrogens is 154 g/mol. The molecule has 0 heterocycles. The lowest BCUT2D eigenvalue weighted by molar-refractivity contribution is -0.137. The van der Waals surface area contributed by atoms with E-state index in [0.29, 0.717) is 0 Å². The van der Waals surface area contributed by atoms with Gasteiger partial charge in [0.2, 0.25) is 0 Å². The van der Waals surface area contributed by atoms with E-state index < -0.39 is 5.97 Å². The van der Waals surface area contributed by atoms with Crippen LogP contribution in [0.25, 0.3) is 0 Å². The molecule has 3 nitrogen and oxygen atoms in total. The van der Waals surface area contributed by atoms with Gasteiger partial charge in [-0.3, -0.25) is 4.79 Å². The molecule has 2 N–H and O–H groups in total. The number of aliphatic carboxylic acids is 1. The minimum atomic E-state index is -0.771. The normalized spacial score (nSPS) is 12.0. The third-order valence-electron chi connectivity index (χ3n) is 1.47. The maximum atomic E-state index is 10.2. The number of unbranched alkanes of at least 4 members (excludes halogenated alkanes) is 1. The van der Waals surface area contributed by atoms with E-state index in [1.54, 1.807) is 0 Å². The van der Waals surface area contributed by atoms with Crippen LogP contribution < -0.4 is 5.32 Å². The zero-order chi connectivity index (χ0) is 9.40. The monoisotopic (exact) mass is 169 g/mol. The SMILES string of the molecule is C#CCCCNC(C)CC(=O)O. The Bertz CT molecular complexity index is 172. The Morgan fingerprint density at radius 1 is 1.75 bits per heavy atom. The Morgan fingerprint density at radius 3 is 2.92 bits per heavy atom. The van der Waals surface area contributed by atoms with Crippen LogP contribution in [0.2, 0.25) is 0 Å². The predicted octanol–water partition coefficient (Wildman–Crippen LogP) is 0.853. The number of carbonyl (C=O) groups is 1. The van der Waals surface area contributed by atoms with Crippen LogP contribution in [-0.2, 0) is 4.79 Å². The molecule has 0 radical (unpaired) electrons. The van der Waals surface area contributed by atoms with Gasteiger partial charge in [-0.25, -0.2) is 0 Å². The number of terminal acetylenes is 1. The number of carboxylic acids is 1. The van der Waals surface area contributed by atoms with Crippen LogP contribution in [0.3, 0.4) is 0 Å². The summed E-state index contributed by atoms with van der Waals surface area (Å²) in [7, 11) is 0. The molecule has 0 amide bonds. The molecule has 0 aromatic heterocycles. The number of rotatable bonds is 6. The molecule has 0 aromatic carbocycles. The van der Waals surface area contributed by atoms with Gasteiger partial charge in [0.05, 0.1) is 6.42 Å². The van der Waals surface area contributed by atoms with Gasteiger partial charge in [-0.2, -0.15) is 0 Å². The van der Waals surface area contributed by atoms with Crippen molar-refractivity contribution < 1.29 is 9.90 Å². The summed E-state index contributed by atoms with van der Waals surface area (Å²) in [5.74, 6) is 1.75. The molecule has 0 saturated heterocycles. The van der Waals surface area contributed by atoms with Crippen LogP contribution in [0.4, 0.5) is 0 Å². The van der Waals surface area contributed by atoms with E-state index in [-0.39, 0.29) is 12.5 Å². The molecule has 0 bridgehead atoms. The topological polar surface area (TPSA) is 49.3 Å². The van der Waals surface area contributed by atoms with E-state index in [1.165, 1.54) is 0 Å². The lowest BCUT2D eigenvalue weighted by Gasteiger charge is -2.09. The standard InChI is InChI=1S/C9H15NO2/c1-3-4-5-6-10-8(2)7-9(11)12/h1,8,10H,4-7H2,2H3,(H,11,12). The molecule has 1 atom stereocenters. The average molecular weight is 169 g/mol. The van der Waals surface area contributed by atoms with E-state index in [2.05, 4.69) is 11.2 Å².